The van der Waals surface area contributed by atoms with Crippen molar-refractivity contribution in [3.63, 3.8) is 0 Å². The predicted octanol–water partition coefficient (Wildman–Crippen LogP) is -0.526. The van der Waals surface area contributed by atoms with Gasteiger partial charge in [-0.2, -0.15) is 0 Å². The molecule has 0 radical (unpaired) electrons. The van der Waals surface area contributed by atoms with Crippen LogP contribution in [0.4, 0.5) is 0 Å². The minimum Gasteiger partial charge on any atom is -0.508 e. The molecular formula is C6H15O3S+. The highest BCUT2D eigenvalue weighted by Gasteiger charge is 2.10. The summed E-state index contributed by atoms with van der Waals surface area (Å²) in [4.78, 5) is 0. The van der Waals surface area contributed by atoms with Crippen molar-refractivity contribution >= 4 is 10.9 Å². The fourth-order valence-electron chi connectivity index (χ4n) is 0.512. The number of hydrogen-bond donors (Lipinski definition) is 2. The molecule has 0 saturated heterocycles. The summed E-state index contributed by atoms with van der Waals surface area (Å²) < 4.78 is 0. The van der Waals surface area contributed by atoms with Gasteiger partial charge in [0, 0.05) is 0 Å². The zero-order chi connectivity index (χ0) is 7.28. The van der Waals surface area contributed by atoms with E-state index in [2.05, 4.69) is 6.58 Å². The van der Waals surface area contributed by atoms with E-state index in [0.717, 1.165) is 5.75 Å². The highest BCUT2D eigenvalue weighted by molar-refractivity contribution is 7.96. The third-order valence-electron chi connectivity index (χ3n) is 0.853. The average molecular weight is 167 g/mol. The Morgan fingerprint density at radius 1 is 1.60 bits per heavy atom. The van der Waals surface area contributed by atoms with Crippen LogP contribution in [0.5, 0.6) is 0 Å². The van der Waals surface area contributed by atoms with Crippen molar-refractivity contribution in [2.45, 2.75) is 0 Å². The molecule has 0 aromatic carbocycles. The molecule has 0 fully saturated rings. The van der Waals surface area contributed by atoms with Crippen molar-refractivity contribution in [3.8, 4) is 0 Å². The first-order chi connectivity index (χ1) is 4.16. The van der Waals surface area contributed by atoms with Crippen molar-refractivity contribution < 1.29 is 15.7 Å². The van der Waals surface area contributed by atoms with Gasteiger partial charge in [-0.15, -0.1) is 0 Å². The summed E-state index contributed by atoms with van der Waals surface area (Å²) in [5.41, 5.74) is 0. The second-order valence-corrected chi connectivity index (χ2v) is 4.18. The minimum atomic E-state index is 0. The van der Waals surface area contributed by atoms with E-state index in [9.17, 15) is 0 Å². The minimum absolute atomic E-state index is 0. The average Bonchev–Trinajstić information content (AvgIpc) is 1.63. The third kappa shape index (κ3) is 7.81. The maximum Gasteiger partial charge on any atom is 0.163 e. The molecule has 0 amide bonds. The summed E-state index contributed by atoms with van der Waals surface area (Å²) in [5, 5.41) is 17.1. The van der Waals surface area contributed by atoms with Gasteiger partial charge in [0.25, 0.3) is 0 Å². The topological polar surface area (TPSA) is 72.0 Å². The van der Waals surface area contributed by atoms with E-state index in [4.69, 9.17) is 10.2 Å². The van der Waals surface area contributed by atoms with Crippen LogP contribution in [0.3, 0.4) is 0 Å². The molecule has 0 rings (SSSR count). The first-order valence-electron chi connectivity index (χ1n) is 2.73. The Balaban J connectivity index is 0. The molecule has 0 bridgehead atoms. The molecule has 4 heteroatoms. The molecule has 0 aliphatic heterocycles. The summed E-state index contributed by atoms with van der Waals surface area (Å²) in [7, 11) is 0.100. The van der Waals surface area contributed by atoms with Gasteiger partial charge < -0.3 is 15.7 Å². The maximum absolute atomic E-state index is 8.68. The molecule has 0 spiro atoms. The van der Waals surface area contributed by atoms with Gasteiger partial charge in [-0.1, -0.05) is 6.58 Å². The van der Waals surface area contributed by atoms with Gasteiger partial charge >= 0.3 is 0 Å². The van der Waals surface area contributed by atoms with Crippen LogP contribution in [-0.4, -0.2) is 40.1 Å². The molecule has 1 atom stereocenters. The monoisotopic (exact) mass is 167 g/mol. The summed E-state index contributed by atoms with van der Waals surface area (Å²) >= 11 is 0. The van der Waals surface area contributed by atoms with Crippen LogP contribution in [0.2, 0.25) is 0 Å². The SMILES string of the molecule is C=C(O)C[S+](C)CCO.O. The van der Waals surface area contributed by atoms with E-state index >= 15 is 0 Å². The van der Waals surface area contributed by atoms with Crippen LogP contribution in [0.25, 0.3) is 0 Å². The van der Waals surface area contributed by atoms with E-state index in [1.807, 2.05) is 6.26 Å². The summed E-state index contributed by atoms with van der Waals surface area (Å²) in [5.74, 6) is 1.61. The van der Waals surface area contributed by atoms with E-state index in [1.165, 1.54) is 0 Å². The summed E-state index contributed by atoms with van der Waals surface area (Å²) in [6.45, 7) is 3.56. The van der Waals surface area contributed by atoms with Crippen LogP contribution in [0.1, 0.15) is 0 Å². The molecule has 0 saturated carbocycles. The molecule has 0 aromatic rings. The lowest BCUT2D eigenvalue weighted by atomic mass is 10.7. The Morgan fingerprint density at radius 3 is 2.40 bits per heavy atom. The van der Waals surface area contributed by atoms with Gasteiger partial charge in [-0.05, 0) is 10.9 Å². The lowest BCUT2D eigenvalue weighted by molar-refractivity contribution is 0.322. The maximum atomic E-state index is 8.68. The molecule has 0 aliphatic rings. The van der Waals surface area contributed by atoms with E-state index in [1.54, 1.807) is 0 Å². The zero-order valence-corrected chi connectivity index (χ0v) is 6.95. The van der Waals surface area contributed by atoms with Crippen molar-refractivity contribution in [2.24, 2.45) is 0 Å². The quantitative estimate of drug-likeness (QED) is 0.436. The van der Waals surface area contributed by atoms with Gasteiger partial charge in [0.15, 0.2) is 5.75 Å². The Bertz CT molecular complexity index is 95.0. The standard InChI is InChI=1S/C6H12O2S.H2O/c1-6(8)5-9(2)4-3-7;/h7H,1,3-5H2,2H3;1H2/p+1. The number of hydrogen-bond acceptors (Lipinski definition) is 2. The largest absolute Gasteiger partial charge is 0.508 e. The molecule has 0 aromatic heterocycles. The molecule has 4 N–H and O–H groups in total. The van der Waals surface area contributed by atoms with Crippen molar-refractivity contribution in [1.29, 1.82) is 0 Å². The number of aliphatic hydroxyl groups is 2. The zero-order valence-electron chi connectivity index (χ0n) is 6.13. The van der Waals surface area contributed by atoms with Crippen LogP contribution in [0, 0.1) is 0 Å². The first kappa shape index (κ1) is 12.5. The van der Waals surface area contributed by atoms with Gasteiger partial charge in [0.1, 0.15) is 11.5 Å². The van der Waals surface area contributed by atoms with E-state index in [-0.39, 0.29) is 28.7 Å². The Hall–Kier alpha value is -0.190. The van der Waals surface area contributed by atoms with Gasteiger partial charge in [-0.25, -0.2) is 0 Å². The van der Waals surface area contributed by atoms with Crippen LogP contribution in [-0.2, 0) is 10.9 Å². The third-order valence-corrected chi connectivity index (χ3v) is 2.56. The van der Waals surface area contributed by atoms with Crippen molar-refractivity contribution in [3.05, 3.63) is 12.3 Å². The summed E-state index contributed by atoms with van der Waals surface area (Å²) in [6.07, 6.45) is 2.00. The fraction of sp³-hybridized carbons (Fsp3) is 0.667. The fourth-order valence-corrected chi connectivity index (χ4v) is 1.54. The summed E-state index contributed by atoms with van der Waals surface area (Å²) in [6, 6.07) is 0. The number of rotatable bonds is 4. The first-order valence-corrected chi connectivity index (χ1v) is 4.70. The van der Waals surface area contributed by atoms with Gasteiger partial charge in [0.2, 0.25) is 0 Å². The van der Waals surface area contributed by atoms with Crippen LogP contribution < -0.4 is 0 Å². The second-order valence-electron chi connectivity index (χ2n) is 1.92. The van der Waals surface area contributed by atoms with Gasteiger partial charge in [-0.3, -0.25) is 0 Å². The molecule has 62 valence electrons. The second kappa shape index (κ2) is 6.92. The smallest absolute Gasteiger partial charge is 0.163 e. The van der Waals surface area contributed by atoms with E-state index in [0.29, 0.717) is 5.75 Å². The molecular weight excluding hydrogens is 152 g/mol. The number of aliphatic hydroxyl groups excluding tert-OH is 2. The molecule has 1 unspecified atom stereocenters. The van der Waals surface area contributed by atoms with Gasteiger partial charge in [0.05, 0.1) is 12.9 Å². The Morgan fingerprint density at radius 2 is 2.10 bits per heavy atom. The highest BCUT2D eigenvalue weighted by atomic mass is 32.2. The van der Waals surface area contributed by atoms with E-state index < -0.39 is 0 Å². The predicted molar refractivity (Wildman–Crippen MR) is 45.5 cm³/mol. The molecule has 10 heavy (non-hydrogen) atoms. The van der Waals surface area contributed by atoms with Crippen molar-refractivity contribution in [2.75, 3.05) is 24.4 Å². The van der Waals surface area contributed by atoms with Crippen LogP contribution in [0.15, 0.2) is 12.3 Å². The normalized spacial score (nSPS) is 11.8. The molecule has 3 nitrogen and oxygen atoms in total. The molecule has 0 aliphatic carbocycles. The van der Waals surface area contributed by atoms with Crippen molar-refractivity contribution in [1.82, 2.24) is 0 Å². The Kier molecular flexibility index (Phi) is 8.64. The highest BCUT2D eigenvalue weighted by Crippen LogP contribution is 1.95. The molecule has 0 heterocycles. The Labute approximate surface area is 64.0 Å². The lowest BCUT2D eigenvalue weighted by Crippen LogP contribution is -2.13. The van der Waals surface area contributed by atoms with Crippen LogP contribution >= 0.6 is 0 Å². The lowest BCUT2D eigenvalue weighted by Gasteiger charge is -1.97.